The lowest BCUT2D eigenvalue weighted by molar-refractivity contribution is -0.144. The van der Waals surface area contributed by atoms with Crippen molar-refractivity contribution in [1.82, 2.24) is 5.48 Å². The number of nitrogens with one attached hydrogen (secondary N) is 1. The molecule has 0 aromatic carbocycles. The molecule has 4 atom stereocenters. The number of rotatable bonds is 7. The summed E-state index contributed by atoms with van der Waals surface area (Å²) in [6.45, 7) is -0.388. The lowest BCUT2D eigenvalue weighted by atomic mass is 9.83. The first kappa shape index (κ1) is 17.5. The van der Waals surface area contributed by atoms with Crippen molar-refractivity contribution in [3.05, 3.63) is 23.4 Å². The summed E-state index contributed by atoms with van der Waals surface area (Å²) in [6, 6.07) is 0. The van der Waals surface area contributed by atoms with Gasteiger partial charge in [-0.2, -0.15) is 0 Å². The summed E-state index contributed by atoms with van der Waals surface area (Å²) in [4.78, 5) is 15.4. The van der Waals surface area contributed by atoms with Crippen LogP contribution in [-0.2, 0) is 9.63 Å². The Labute approximate surface area is 142 Å². The number of fused-ring (bicyclic) bond motifs is 1. The summed E-state index contributed by atoms with van der Waals surface area (Å²) in [5.41, 5.74) is 4.71. The first-order valence-corrected chi connectivity index (χ1v) is 8.92. The molecule has 0 amide bonds. The molecule has 0 aliphatic heterocycles. The van der Waals surface area contributed by atoms with E-state index in [9.17, 15) is 15.0 Å². The van der Waals surface area contributed by atoms with Crippen molar-refractivity contribution in [3.63, 3.8) is 0 Å². The molecule has 0 radical (unpaired) electrons. The predicted molar refractivity (Wildman–Crippen MR) is 87.7 cm³/mol. The molecular formula is C18H27NO5. The minimum Gasteiger partial charge on any atom is -0.479 e. The summed E-state index contributed by atoms with van der Waals surface area (Å²) < 4.78 is 0. The Morgan fingerprint density at radius 2 is 2.04 bits per heavy atom. The van der Waals surface area contributed by atoms with Crippen molar-refractivity contribution in [3.8, 4) is 0 Å². The maximum atomic E-state index is 10.4. The molecule has 3 rings (SSSR count). The molecule has 0 aromatic heterocycles. The van der Waals surface area contributed by atoms with E-state index in [0.717, 1.165) is 30.5 Å². The van der Waals surface area contributed by atoms with E-state index < -0.39 is 18.2 Å². The van der Waals surface area contributed by atoms with Crippen LogP contribution >= 0.6 is 0 Å². The molecule has 0 saturated heterocycles. The molecule has 4 N–H and O–H groups in total. The van der Waals surface area contributed by atoms with E-state index in [0.29, 0.717) is 12.3 Å². The Bertz CT molecular complexity index is 524. The van der Waals surface area contributed by atoms with Crippen LogP contribution in [0.4, 0.5) is 0 Å². The molecule has 2 saturated carbocycles. The van der Waals surface area contributed by atoms with E-state index in [-0.39, 0.29) is 18.4 Å². The van der Waals surface area contributed by atoms with E-state index in [2.05, 4.69) is 5.48 Å². The molecule has 0 spiro atoms. The SMILES string of the molecule is O=C(O)CONC1=C2CC(C=CC(O)C3CCCCC3)C(O)[C@@H]2C1. The standard InChI is InChI=1S/C18H27NO5/c20-16(11-4-2-1-3-5-11)7-6-12-8-13-14(18(12)23)9-15(13)19-24-10-17(21)22/h6-7,11-12,14,16,18-20,23H,1-5,8-10H2,(H,21,22)/t12?,14-,16?,18?/m1/s1. The number of carboxylic acid groups (broad SMARTS) is 1. The van der Waals surface area contributed by atoms with Gasteiger partial charge in [0.05, 0.1) is 12.2 Å². The number of carboxylic acids is 1. The Balaban J connectivity index is 1.52. The average molecular weight is 337 g/mol. The first-order chi connectivity index (χ1) is 11.6. The maximum Gasteiger partial charge on any atom is 0.332 e. The highest BCUT2D eigenvalue weighted by molar-refractivity contribution is 5.67. The summed E-state index contributed by atoms with van der Waals surface area (Å²) in [5.74, 6) is -0.525. The van der Waals surface area contributed by atoms with E-state index in [1.165, 1.54) is 19.3 Å². The summed E-state index contributed by atoms with van der Waals surface area (Å²) >= 11 is 0. The fraction of sp³-hybridized carbons (Fsp3) is 0.722. The Kier molecular flexibility index (Phi) is 5.58. The molecule has 0 aromatic rings. The molecule has 2 fully saturated rings. The van der Waals surface area contributed by atoms with Crippen LogP contribution in [0.15, 0.2) is 23.4 Å². The highest BCUT2D eigenvalue weighted by Crippen LogP contribution is 2.48. The molecule has 134 valence electrons. The Morgan fingerprint density at radius 1 is 1.29 bits per heavy atom. The topological polar surface area (TPSA) is 99.0 Å². The average Bonchev–Trinajstić information content (AvgIpc) is 2.81. The van der Waals surface area contributed by atoms with E-state index >= 15 is 0 Å². The zero-order chi connectivity index (χ0) is 17.1. The molecule has 0 heterocycles. The fourth-order valence-electron chi connectivity index (χ4n) is 4.20. The third kappa shape index (κ3) is 3.82. The Hall–Kier alpha value is -1.37. The van der Waals surface area contributed by atoms with Crippen LogP contribution in [0.1, 0.15) is 44.9 Å². The van der Waals surface area contributed by atoms with Gasteiger partial charge in [-0.15, -0.1) is 0 Å². The lowest BCUT2D eigenvalue weighted by Crippen LogP contribution is -2.32. The number of hydrogen-bond acceptors (Lipinski definition) is 5. The molecule has 3 aliphatic carbocycles. The minimum atomic E-state index is -1.02. The van der Waals surface area contributed by atoms with Gasteiger partial charge in [-0.1, -0.05) is 31.4 Å². The van der Waals surface area contributed by atoms with Crippen LogP contribution in [0.2, 0.25) is 0 Å². The summed E-state index contributed by atoms with van der Waals surface area (Å²) in [6.07, 6.45) is 10.2. The van der Waals surface area contributed by atoms with Crippen LogP contribution in [0.3, 0.4) is 0 Å². The van der Waals surface area contributed by atoms with Crippen molar-refractivity contribution < 1.29 is 25.0 Å². The lowest BCUT2D eigenvalue weighted by Gasteiger charge is -2.30. The van der Waals surface area contributed by atoms with Crippen molar-refractivity contribution in [2.24, 2.45) is 17.8 Å². The van der Waals surface area contributed by atoms with Crippen LogP contribution < -0.4 is 5.48 Å². The number of hydrogen-bond donors (Lipinski definition) is 4. The van der Waals surface area contributed by atoms with E-state index in [4.69, 9.17) is 9.94 Å². The van der Waals surface area contributed by atoms with Crippen molar-refractivity contribution in [2.75, 3.05) is 6.61 Å². The van der Waals surface area contributed by atoms with Gasteiger partial charge in [-0.25, -0.2) is 4.79 Å². The molecule has 6 nitrogen and oxygen atoms in total. The van der Waals surface area contributed by atoms with Crippen molar-refractivity contribution in [2.45, 2.75) is 57.2 Å². The largest absolute Gasteiger partial charge is 0.479 e. The second kappa shape index (κ2) is 7.68. The summed E-state index contributed by atoms with van der Waals surface area (Å²) in [5, 5.41) is 29.3. The van der Waals surface area contributed by atoms with Gasteiger partial charge in [-0.3, -0.25) is 10.3 Å². The van der Waals surface area contributed by atoms with Crippen LogP contribution in [0.5, 0.6) is 0 Å². The number of carbonyl (C=O) groups is 1. The van der Waals surface area contributed by atoms with Gasteiger partial charge in [0.1, 0.15) is 0 Å². The highest BCUT2D eigenvalue weighted by atomic mass is 16.7. The molecule has 24 heavy (non-hydrogen) atoms. The number of aliphatic hydroxyl groups excluding tert-OH is 2. The van der Waals surface area contributed by atoms with E-state index in [1.807, 2.05) is 12.2 Å². The third-order valence-electron chi connectivity index (χ3n) is 5.65. The maximum absolute atomic E-state index is 10.4. The highest BCUT2D eigenvalue weighted by Gasteiger charge is 2.45. The van der Waals surface area contributed by atoms with Crippen LogP contribution in [0, 0.1) is 17.8 Å². The normalized spacial score (nSPS) is 31.8. The molecular weight excluding hydrogens is 310 g/mol. The fourth-order valence-corrected chi connectivity index (χ4v) is 4.20. The summed E-state index contributed by atoms with van der Waals surface area (Å²) in [7, 11) is 0. The number of aliphatic hydroxyl groups is 2. The minimum absolute atomic E-state index is 0.0158. The zero-order valence-electron chi connectivity index (χ0n) is 13.9. The van der Waals surface area contributed by atoms with Gasteiger partial charge < -0.3 is 15.3 Å². The number of aliphatic carboxylic acids is 1. The molecule has 3 aliphatic rings. The van der Waals surface area contributed by atoms with Crippen LogP contribution in [0.25, 0.3) is 0 Å². The van der Waals surface area contributed by atoms with Gasteiger partial charge in [-0.05, 0) is 37.2 Å². The predicted octanol–water partition coefficient (Wildman–Crippen LogP) is 1.74. The monoisotopic (exact) mass is 337 g/mol. The molecule has 6 heteroatoms. The Morgan fingerprint density at radius 3 is 2.75 bits per heavy atom. The number of allylic oxidation sites excluding steroid dienone is 1. The second-order valence-electron chi connectivity index (χ2n) is 7.23. The molecule has 3 unspecified atom stereocenters. The second-order valence-corrected chi connectivity index (χ2v) is 7.23. The van der Waals surface area contributed by atoms with Crippen LogP contribution in [-0.4, -0.2) is 40.1 Å². The van der Waals surface area contributed by atoms with Crippen molar-refractivity contribution in [1.29, 1.82) is 0 Å². The van der Waals surface area contributed by atoms with Crippen molar-refractivity contribution >= 4 is 5.97 Å². The third-order valence-corrected chi connectivity index (χ3v) is 5.65. The van der Waals surface area contributed by atoms with E-state index in [1.54, 1.807) is 0 Å². The zero-order valence-corrected chi connectivity index (χ0v) is 13.9. The van der Waals surface area contributed by atoms with Gasteiger partial charge in [0.15, 0.2) is 6.61 Å². The number of hydroxylamine groups is 1. The van der Waals surface area contributed by atoms with Gasteiger partial charge in [0.2, 0.25) is 0 Å². The first-order valence-electron chi connectivity index (χ1n) is 8.92. The smallest absolute Gasteiger partial charge is 0.332 e. The van der Waals surface area contributed by atoms with Gasteiger partial charge in [0, 0.05) is 17.5 Å². The van der Waals surface area contributed by atoms with Gasteiger partial charge >= 0.3 is 5.97 Å². The van der Waals surface area contributed by atoms with Gasteiger partial charge in [0.25, 0.3) is 0 Å². The quantitative estimate of drug-likeness (QED) is 0.417. The molecule has 0 bridgehead atoms.